The Bertz CT molecular complexity index is 1010. The van der Waals surface area contributed by atoms with Gasteiger partial charge < -0.3 is 25.2 Å². The van der Waals surface area contributed by atoms with Gasteiger partial charge in [-0.1, -0.05) is 11.6 Å². The molecular weight excluding hydrogens is 466 g/mol. The van der Waals surface area contributed by atoms with Crippen molar-refractivity contribution in [2.75, 3.05) is 18.4 Å². The van der Waals surface area contributed by atoms with Crippen LogP contribution in [0.2, 0.25) is 5.02 Å². The number of fused-ring (bicyclic) bond motifs is 1. The second kappa shape index (κ2) is 7.34. The largest absolute Gasteiger partial charge is 0.465 e. The average molecular weight is 483 g/mol. The number of likely N-dealkylation sites (tertiary alicyclic amines) is 1. The lowest BCUT2D eigenvalue weighted by Crippen LogP contribution is -2.36. The number of nitrogens with zero attached hydrogens (tertiary/aromatic N) is 3. The van der Waals surface area contributed by atoms with Crippen LogP contribution in [-0.2, 0) is 7.05 Å². The Morgan fingerprint density at radius 3 is 2.48 bits per heavy atom. The van der Waals surface area contributed by atoms with Crippen molar-refractivity contribution in [2.45, 2.75) is 6.04 Å². The maximum absolute atomic E-state index is 12.5. The predicted molar refractivity (Wildman–Crippen MR) is 108 cm³/mol. The van der Waals surface area contributed by atoms with Gasteiger partial charge in [-0.05, 0) is 34.1 Å². The highest BCUT2D eigenvalue weighted by molar-refractivity contribution is 9.10. The molecule has 3 amide bonds. The molecule has 11 heteroatoms. The van der Waals surface area contributed by atoms with Crippen LogP contribution in [0.15, 0.2) is 29.0 Å². The number of aromatic nitrogens is 2. The number of piperidine rings is 1. The lowest BCUT2D eigenvalue weighted by atomic mass is 10.2. The molecule has 1 saturated heterocycles. The molecule has 1 aliphatic heterocycles. The van der Waals surface area contributed by atoms with E-state index in [9.17, 15) is 14.4 Å². The molecule has 3 N–H and O–H groups in total. The maximum atomic E-state index is 12.5. The topological polar surface area (TPSA) is 117 Å². The highest BCUT2D eigenvalue weighted by atomic mass is 79.9. The summed E-state index contributed by atoms with van der Waals surface area (Å²) in [6, 6.07) is 4.61. The van der Waals surface area contributed by atoms with E-state index >= 15 is 0 Å². The molecule has 2 fully saturated rings. The fourth-order valence-corrected chi connectivity index (χ4v) is 4.23. The van der Waals surface area contributed by atoms with E-state index in [1.54, 1.807) is 23.7 Å². The Kier molecular flexibility index (Phi) is 4.99. The molecule has 0 spiro atoms. The molecule has 2 heterocycles. The van der Waals surface area contributed by atoms with Crippen LogP contribution in [0.3, 0.4) is 0 Å². The number of benzene rings is 1. The van der Waals surface area contributed by atoms with Crippen LogP contribution in [0.4, 0.5) is 10.5 Å². The van der Waals surface area contributed by atoms with Gasteiger partial charge in [0.2, 0.25) is 0 Å². The summed E-state index contributed by atoms with van der Waals surface area (Å²) in [7, 11) is 1.70. The third kappa shape index (κ3) is 3.69. The molecule has 9 nitrogen and oxygen atoms in total. The highest BCUT2D eigenvalue weighted by Gasteiger charge is 2.57. The molecule has 2 unspecified atom stereocenters. The van der Waals surface area contributed by atoms with E-state index < -0.39 is 12.0 Å². The average Bonchev–Trinajstić information content (AvgIpc) is 2.99. The molecule has 2 aromatic rings. The first-order valence-electron chi connectivity index (χ1n) is 8.83. The molecule has 152 valence electrons. The van der Waals surface area contributed by atoms with Gasteiger partial charge >= 0.3 is 6.09 Å². The number of nitrogens with one attached hydrogen (secondary N) is 2. The number of rotatable bonds is 4. The predicted octanol–water partition coefficient (Wildman–Crippen LogP) is 2.43. The SMILES string of the molecule is Cn1c(Br)cnc1C(=O)Nc1ccc(C(=O)NC2C3CN(C(=O)O)CC32)c(Cl)c1. The Morgan fingerprint density at radius 2 is 1.93 bits per heavy atom. The van der Waals surface area contributed by atoms with Crippen molar-refractivity contribution in [2.24, 2.45) is 18.9 Å². The fraction of sp³-hybridized carbons (Fsp3) is 0.333. The van der Waals surface area contributed by atoms with Gasteiger partial charge in [0.15, 0.2) is 5.82 Å². The van der Waals surface area contributed by atoms with Gasteiger partial charge in [0.1, 0.15) is 4.60 Å². The van der Waals surface area contributed by atoms with Crippen molar-refractivity contribution >= 4 is 51.1 Å². The summed E-state index contributed by atoms with van der Waals surface area (Å²) in [6.45, 7) is 0.875. The van der Waals surface area contributed by atoms with Crippen LogP contribution in [0.1, 0.15) is 21.0 Å². The lowest BCUT2D eigenvalue weighted by Gasteiger charge is -2.16. The Hall–Kier alpha value is -2.59. The highest BCUT2D eigenvalue weighted by Crippen LogP contribution is 2.45. The van der Waals surface area contributed by atoms with Gasteiger partial charge in [-0.25, -0.2) is 9.78 Å². The minimum atomic E-state index is -0.930. The molecule has 2 atom stereocenters. The Labute approximate surface area is 179 Å². The van der Waals surface area contributed by atoms with Crippen LogP contribution >= 0.6 is 27.5 Å². The van der Waals surface area contributed by atoms with E-state index in [0.717, 1.165) is 0 Å². The Balaban J connectivity index is 1.38. The summed E-state index contributed by atoms with van der Waals surface area (Å²) in [5.74, 6) is -0.179. The Morgan fingerprint density at radius 1 is 1.24 bits per heavy atom. The number of carboxylic acid groups (broad SMARTS) is 1. The third-order valence-corrected chi connectivity index (χ3v) is 6.42. The van der Waals surface area contributed by atoms with Crippen molar-refractivity contribution in [3.63, 3.8) is 0 Å². The summed E-state index contributed by atoms with van der Waals surface area (Å²) < 4.78 is 2.26. The zero-order valence-corrected chi connectivity index (χ0v) is 17.6. The summed E-state index contributed by atoms with van der Waals surface area (Å²) in [6.07, 6.45) is 0.596. The van der Waals surface area contributed by atoms with Gasteiger partial charge in [-0.2, -0.15) is 0 Å². The van der Waals surface area contributed by atoms with E-state index in [0.29, 0.717) is 28.9 Å². The minimum absolute atomic E-state index is 0.0320. The van der Waals surface area contributed by atoms with Gasteiger partial charge in [0.05, 0.1) is 16.8 Å². The smallest absolute Gasteiger partial charge is 0.407 e. The first-order chi connectivity index (χ1) is 13.8. The first-order valence-corrected chi connectivity index (χ1v) is 10.00. The fourth-order valence-electron chi connectivity index (χ4n) is 3.69. The molecule has 4 rings (SSSR count). The molecule has 0 radical (unpaired) electrons. The summed E-state index contributed by atoms with van der Waals surface area (Å²) >= 11 is 9.53. The second-order valence-electron chi connectivity index (χ2n) is 7.13. The van der Waals surface area contributed by atoms with Crippen molar-refractivity contribution in [3.05, 3.63) is 45.4 Å². The molecule has 0 bridgehead atoms. The van der Waals surface area contributed by atoms with Crippen molar-refractivity contribution in [1.29, 1.82) is 0 Å². The summed E-state index contributed by atoms with van der Waals surface area (Å²) in [4.78, 5) is 41.2. The summed E-state index contributed by atoms with van der Waals surface area (Å²) in [5, 5.41) is 14.8. The quantitative estimate of drug-likeness (QED) is 0.619. The number of hydrogen-bond donors (Lipinski definition) is 3. The number of hydrogen-bond acceptors (Lipinski definition) is 4. The normalized spacial score (nSPS) is 22.2. The van der Waals surface area contributed by atoms with Crippen LogP contribution in [0, 0.1) is 11.8 Å². The number of imidazole rings is 1. The van der Waals surface area contributed by atoms with E-state index in [1.807, 2.05) is 0 Å². The van der Waals surface area contributed by atoms with Crippen LogP contribution in [-0.4, -0.2) is 56.6 Å². The number of halogens is 2. The van der Waals surface area contributed by atoms with E-state index in [-0.39, 0.29) is 34.6 Å². The van der Waals surface area contributed by atoms with Gasteiger partial charge in [-0.3, -0.25) is 9.59 Å². The van der Waals surface area contributed by atoms with E-state index in [4.69, 9.17) is 16.7 Å². The molecule has 1 aromatic heterocycles. The lowest BCUT2D eigenvalue weighted by molar-refractivity contribution is 0.0942. The van der Waals surface area contributed by atoms with Crippen LogP contribution in [0.5, 0.6) is 0 Å². The summed E-state index contributed by atoms with van der Waals surface area (Å²) in [5.41, 5.74) is 0.737. The zero-order valence-electron chi connectivity index (χ0n) is 15.2. The van der Waals surface area contributed by atoms with Gasteiger partial charge in [0.25, 0.3) is 11.8 Å². The number of anilines is 1. The molecule has 1 saturated carbocycles. The van der Waals surface area contributed by atoms with Gasteiger partial charge in [-0.15, -0.1) is 0 Å². The van der Waals surface area contributed by atoms with Crippen molar-refractivity contribution < 1.29 is 19.5 Å². The molecule has 29 heavy (non-hydrogen) atoms. The number of amides is 3. The van der Waals surface area contributed by atoms with E-state index in [2.05, 4.69) is 31.5 Å². The number of carbonyl (C=O) groups excluding carboxylic acids is 2. The van der Waals surface area contributed by atoms with Crippen molar-refractivity contribution in [1.82, 2.24) is 19.8 Å². The molecule has 1 aliphatic carbocycles. The zero-order chi connectivity index (χ0) is 20.9. The monoisotopic (exact) mass is 481 g/mol. The van der Waals surface area contributed by atoms with Gasteiger partial charge in [0, 0.05) is 43.7 Å². The second-order valence-corrected chi connectivity index (χ2v) is 8.35. The van der Waals surface area contributed by atoms with Crippen LogP contribution < -0.4 is 10.6 Å². The van der Waals surface area contributed by atoms with Crippen molar-refractivity contribution in [3.8, 4) is 0 Å². The molecule has 1 aromatic carbocycles. The maximum Gasteiger partial charge on any atom is 0.407 e. The van der Waals surface area contributed by atoms with Crippen LogP contribution in [0.25, 0.3) is 0 Å². The minimum Gasteiger partial charge on any atom is -0.465 e. The standard InChI is InChI=1S/C18H17BrClN5O4/c1-24-13(19)5-21-15(24)17(27)22-8-2-3-9(12(20)4-8)16(26)23-14-10-6-25(18(28)29)7-11(10)14/h2-5,10-11,14H,6-7H2,1H3,(H,22,27)(H,23,26)(H,28,29). The molecule has 2 aliphatic rings. The molecular formula is C18H17BrClN5O4. The third-order valence-electron chi connectivity index (χ3n) is 5.37. The number of carbonyl (C=O) groups is 3. The van der Waals surface area contributed by atoms with E-state index in [1.165, 1.54) is 17.2 Å². The first kappa shape index (κ1) is 19.7.